The van der Waals surface area contributed by atoms with Gasteiger partial charge in [0.15, 0.2) is 0 Å². The molecule has 0 bridgehead atoms. The maximum atomic E-state index is 13.8. The molecule has 10 heteroatoms. The second-order valence-electron chi connectivity index (χ2n) is 13.1. The largest absolute Gasteiger partial charge is 0.416 e. The summed E-state index contributed by atoms with van der Waals surface area (Å²) in [6, 6.07) is 21.0. The van der Waals surface area contributed by atoms with Gasteiger partial charge in [-0.1, -0.05) is 60.7 Å². The van der Waals surface area contributed by atoms with E-state index >= 15 is 0 Å². The molecule has 4 nitrogen and oxygen atoms in total. The third kappa shape index (κ3) is 7.13. The highest BCUT2D eigenvalue weighted by atomic mass is 19.4. The summed E-state index contributed by atoms with van der Waals surface area (Å²) in [5, 5.41) is 0. The summed E-state index contributed by atoms with van der Waals surface area (Å²) in [6.45, 7) is 4.05. The standard InChI is InChI=1S/C36H39F6N3O/c37-35(38,39)29-20-28(21-30(22-29)36(40,41)42)33(46)45-18-13-31(23-32(45)19-26-9-3-1-4-10-26)43-16-7-14-34(25-43)15-8-17-44(34)24-27-11-5-2-6-12-27/h1-6,9-12,20-22,31-32H,7-8,13-19,23-25H2. The molecule has 3 aromatic carbocycles. The number of benzene rings is 3. The maximum absolute atomic E-state index is 13.8. The van der Waals surface area contributed by atoms with E-state index in [9.17, 15) is 31.1 Å². The molecule has 3 unspecified atom stereocenters. The Bertz CT molecular complexity index is 1460. The van der Waals surface area contributed by atoms with Crippen LogP contribution in [-0.2, 0) is 25.3 Å². The average molecular weight is 644 g/mol. The fraction of sp³-hybridized carbons (Fsp3) is 0.472. The van der Waals surface area contributed by atoms with Crippen molar-refractivity contribution in [2.75, 3.05) is 26.2 Å². The van der Waals surface area contributed by atoms with Crippen molar-refractivity contribution in [3.63, 3.8) is 0 Å². The van der Waals surface area contributed by atoms with Crippen LogP contribution in [0.15, 0.2) is 78.9 Å². The highest BCUT2D eigenvalue weighted by Gasteiger charge is 2.46. The summed E-state index contributed by atoms with van der Waals surface area (Å²) in [5.74, 6) is -0.795. The molecule has 1 spiro atoms. The lowest BCUT2D eigenvalue weighted by Crippen LogP contribution is -2.60. The zero-order valence-corrected chi connectivity index (χ0v) is 25.7. The minimum absolute atomic E-state index is 0.0702. The van der Waals surface area contributed by atoms with Crippen molar-refractivity contribution < 1.29 is 31.1 Å². The van der Waals surface area contributed by atoms with Crippen molar-refractivity contribution in [1.82, 2.24) is 14.7 Å². The average Bonchev–Trinajstić information content (AvgIpc) is 3.40. The number of likely N-dealkylation sites (tertiary alicyclic amines) is 3. The van der Waals surface area contributed by atoms with E-state index in [4.69, 9.17) is 0 Å². The van der Waals surface area contributed by atoms with Crippen molar-refractivity contribution in [2.45, 2.75) is 81.5 Å². The summed E-state index contributed by atoms with van der Waals surface area (Å²) < 4.78 is 81.8. The van der Waals surface area contributed by atoms with Gasteiger partial charge in [0.25, 0.3) is 5.91 Å². The van der Waals surface area contributed by atoms with Crippen LogP contribution in [0.25, 0.3) is 0 Å². The molecule has 3 fully saturated rings. The number of hydrogen-bond donors (Lipinski definition) is 0. The molecule has 0 aromatic heterocycles. The Morgan fingerprint density at radius 2 is 1.35 bits per heavy atom. The molecular weight excluding hydrogens is 604 g/mol. The highest BCUT2D eigenvalue weighted by molar-refractivity contribution is 5.95. The van der Waals surface area contributed by atoms with Gasteiger partial charge in [-0.05, 0) is 87.4 Å². The second kappa shape index (κ2) is 13.0. The molecule has 6 rings (SSSR count). The molecular formula is C36H39F6N3O. The van der Waals surface area contributed by atoms with E-state index in [1.807, 2.05) is 36.4 Å². The molecule has 0 N–H and O–H groups in total. The van der Waals surface area contributed by atoms with Crippen LogP contribution in [0.5, 0.6) is 0 Å². The van der Waals surface area contributed by atoms with Gasteiger partial charge in [0.2, 0.25) is 0 Å². The summed E-state index contributed by atoms with van der Waals surface area (Å²) in [6.07, 6.45) is -3.93. The van der Waals surface area contributed by atoms with Crippen LogP contribution in [0.2, 0.25) is 0 Å². The van der Waals surface area contributed by atoms with Gasteiger partial charge in [-0.3, -0.25) is 14.6 Å². The smallest absolute Gasteiger partial charge is 0.335 e. The Labute approximate surface area is 266 Å². The molecule has 3 aromatic rings. The predicted octanol–water partition coefficient (Wildman–Crippen LogP) is 8.07. The number of nitrogens with zero attached hydrogens (tertiary/aromatic N) is 3. The first-order chi connectivity index (χ1) is 21.9. The minimum Gasteiger partial charge on any atom is -0.335 e. The minimum atomic E-state index is -5.02. The first-order valence-corrected chi connectivity index (χ1v) is 16.1. The molecule has 3 aliphatic heterocycles. The fourth-order valence-electron chi connectivity index (χ4n) is 7.92. The number of alkyl halides is 6. The van der Waals surface area contributed by atoms with Crippen molar-refractivity contribution in [1.29, 1.82) is 0 Å². The molecule has 1 amide bonds. The number of amides is 1. The zero-order valence-electron chi connectivity index (χ0n) is 25.7. The molecule has 3 aliphatic rings. The Balaban J connectivity index is 1.25. The molecule has 3 atom stereocenters. The van der Waals surface area contributed by atoms with E-state index in [2.05, 4.69) is 34.1 Å². The summed E-state index contributed by atoms with van der Waals surface area (Å²) in [7, 11) is 0. The molecule has 3 saturated heterocycles. The lowest BCUT2D eigenvalue weighted by atomic mass is 9.83. The van der Waals surface area contributed by atoms with Crippen LogP contribution in [-0.4, -0.2) is 64.4 Å². The van der Waals surface area contributed by atoms with E-state index in [0.29, 0.717) is 31.4 Å². The topological polar surface area (TPSA) is 26.8 Å². The molecule has 3 heterocycles. The Morgan fingerprint density at radius 1 is 0.761 bits per heavy atom. The van der Waals surface area contributed by atoms with Gasteiger partial charge in [0.1, 0.15) is 0 Å². The van der Waals surface area contributed by atoms with Gasteiger partial charge in [-0.15, -0.1) is 0 Å². The SMILES string of the molecule is O=C(c1cc(C(F)(F)F)cc(C(F)(F)F)c1)N1CCC(N2CCCC3(CCCN3Cc3ccccc3)C2)CC1Cc1ccccc1. The van der Waals surface area contributed by atoms with Crippen LogP contribution in [0.1, 0.15) is 71.1 Å². The van der Waals surface area contributed by atoms with Crippen LogP contribution >= 0.6 is 0 Å². The van der Waals surface area contributed by atoms with Gasteiger partial charge in [-0.2, -0.15) is 26.3 Å². The number of halogens is 6. The molecule has 0 saturated carbocycles. The lowest BCUT2D eigenvalue weighted by Gasteiger charge is -2.51. The van der Waals surface area contributed by atoms with E-state index in [0.717, 1.165) is 57.4 Å². The van der Waals surface area contributed by atoms with Gasteiger partial charge >= 0.3 is 12.4 Å². The normalized spacial score (nSPS) is 24.9. The third-order valence-electron chi connectivity index (χ3n) is 10.2. The Kier molecular flexibility index (Phi) is 9.22. The predicted molar refractivity (Wildman–Crippen MR) is 164 cm³/mol. The van der Waals surface area contributed by atoms with E-state index in [1.54, 1.807) is 0 Å². The van der Waals surface area contributed by atoms with Gasteiger partial charge in [0, 0.05) is 42.8 Å². The lowest BCUT2D eigenvalue weighted by molar-refractivity contribution is -0.143. The molecule has 0 aliphatic carbocycles. The second-order valence-corrected chi connectivity index (χ2v) is 13.1. The Morgan fingerprint density at radius 3 is 1.96 bits per heavy atom. The van der Waals surface area contributed by atoms with Crippen molar-refractivity contribution >= 4 is 5.91 Å². The molecule has 246 valence electrons. The molecule has 46 heavy (non-hydrogen) atoms. The summed E-state index contributed by atoms with van der Waals surface area (Å²) in [5.41, 5.74) is -1.21. The van der Waals surface area contributed by atoms with E-state index < -0.39 is 35.0 Å². The summed E-state index contributed by atoms with van der Waals surface area (Å²) >= 11 is 0. The van der Waals surface area contributed by atoms with Crippen LogP contribution in [0, 0.1) is 0 Å². The number of carbonyl (C=O) groups is 1. The number of rotatable bonds is 6. The van der Waals surface area contributed by atoms with Crippen LogP contribution in [0.4, 0.5) is 26.3 Å². The maximum Gasteiger partial charge on any atom is 0.416 e. The van der Waals surface area contributed by atoms with Crippen molar-refractivity contribution in [2.24, 2.45) is 0 Å². The van der Waals surface area contributed by atoms with E-state index in [1.165, 1.54) is 10.5 Å². The van der Waals surface area contributed by atoms with Gasteiger partial charge in [0.05, 0.1) is 11.1 Å². The molecule has 0 radical (unpaired) electrons. The summed E-state index contributed by atoms with van der Waals surface area (Å²) in [4.78, 5) is 20.5. The van der Waals surface area contributed by atoms with Gasteiger partial charge < -0.3 is 4.90 Å². The number of carbonyl (C=O) groups excluding carboxylic acids is 1. The highest BCUT2D eigenvalue weighted by Crippen LogP contribution is 2.41. The first-order valence-electron chi connectivity index (χ1n) is 16.1. The Hall–Kier alpha value is -3.37. The number of piperidine rings is 2. The van der Waals surface area contributed by atoms with Crippen molar-refractivity contribution in [3.05, 3.63) is 107 Å². The first kappa shape index (κ1) is 32.6. The number of hydrogen-bond acceptors (Lipinski definition) is 3. The third-order valence-corrected chi connectivity index (χ3v) is 10.2. The van der Waals surface area contributed by atoms with Gasteiger partial charge in [-0.25, -0.2) is 0 Å². The van der Waals surface area contributed by atoms with Crippen molar-refractivity contribution in [3.8, 4) is 0 Å². The fourth-order valence-corrected chi connectivity index (χ4v) is 7.92. The quantitative estimate of drug-likeness (QED) is 0.254. The van der Waals surface area contributed by atoms with Crippen LogP contribution in [0.3, 0.4) is 0 Å². The zero-order chi connectivity index (χ0) is 32.5. The van der Waals surface area contributed by atoms with Crippen LogP contribution < -0.4 is 0 Å². The monoisotopic (exact) mass is 643 g/mol. The van der Waals surface area contributed by atoms with E-state index in [-0.39, 0.29) is 30.2 Å².